The number of hydrogen-bond donors (Lipinski definition) is 2. The Morgan fingerprint density at radius 2 is 1.70 bits per heavy atom. The molecule has 3 rings (SSSR count). The zero-order valence-electron chi connectivity index (χ0n) is 14.9. The molecule has 2 aromatic rings. The van der Waals surface area contributed by atoms with Gasteiger partial charge in [0.1, 0.15) is 5.57 Å². The summed E-state index contributed by atoms with van der Waals surface area (Å²) in [6.07, 6.45) is 1.40. The average Bonchev–Trinajstić information content (AvgIpc) is 2.85. The first kappa shape index (κ1) is 18.1. The fourth-order valence-corrected chi connectivity index (χ4v) is 3.15. The molecule has 0 radical (unpaired) electrons. The zero-order chi connectivity index (χ0) is 19.9. The molecule has 1 aliphatic rings. The van der Waals surface area contributed by atoms with E-state index in [4.69, 9.17) is 0 Å². The number of carboxylic acids is 1. The minimum atomic E-state index is -1.26. The summed E-state index contributed by atoms with van der Waals surface area (Å²) >= 11 is 0. The van der Waals surface area contributed by atoms with Crippen molar-refractivity contribution >= 4 is 29.9 Å². The number of carbonyl (C=O) groups excluding carboxylic acids is 4. The van der Waals surface area contributed by atoms with E-state index in [2.05, 4.69) is 0 Å². The Bertz CT molecular complexity index is 1020. The lowest BCUT2D eigenvalue weighted by Gasteiger charge is -2.16. The van der Waals surface area contributed by atoms with Gasteiger partial charge in [0, 0.05) is 22.6 Å². The predicted molar refractivity (Wildman–Crippen MR) is 94.0 cm³/mol. The number of hydrogen-bond acceptors (Lipinski definition) is 5. The van der Waals surface area contributed by atoms with E-state index in [0.29, 0.717) is 22.5 Å². The molecular weight excluding hydrogens is 350 g/mol. The largest absolute Gasteiger partial charge is 0.545 e. The Hall–Kier alpha value is -3.68. The summed E-state index contributed by atoms with van der Waals surface area (Å²) < 4.78 is 1.83. The number of carboxylic acid groups (broad SMARTS) is 1. The van der Waals surface area contributed by atoms with E-state index in [-0.39, 0.29) is 11.1 Å². The maximum absolute atomic E-state index is 11.9. The van der Waals surface area contributed by atoms with Crippen molar-refractivity contribution < 1.29 is 24.3 Å². The quantitative estimate of drug-likeness (QED) is 0.606. The van der Waals surface area contributed by atoms with Crippen LogP contribution in [-0.2, 0) is 9.59 Å². The SMILES string of the molecule is Cc1c(C(=O)[O-])cccc1-n1c(C)cc(C=C2C(=O)NC(=O)NC2=O)c1C. The van der Waals surface area contributed by atoms with Crippen molar-refractivity contribution in [3.63, 3.8) is 0 Å². The van der Waals surface area contributed by atoms with Gasteiger partial charge in [0.05, 0.1) is 5.97 Å². The van der Waals surface area contributed by atoms with Crippen LogP contribution in [0.15, 0.2) is 29.8 Å². The molecule has 1 saturated heterocycles. The third-order valence-electron chi connectivity index (χ3n) is 4.48. The Labute approximate surface area is 154 Å². The highest BCUT2D eigenvalue weighted by Crippen LogP contribution is 2.26. The van der Waals surface area contributed by atoms with Crippen LogP contribution < -0.4 is 15.7 Å². The van der Waals surface area contributed by atoms with Gasteiger partial charge in [-0.15, -0.1) is 0 Å². The van der Waals surface area contributed by atoms with Gasteiger partial charge in [-0.25, -0.2) is 4.79 Å². The van der Waals surface area contributed by atoms with Crippen molar-refractivity contribution in [2.75, 3.05) is 0 Å². The summed E-state index contributed by atoms with van der Waals surface area (Å²) in [6.45, 7) is 5.30. The molecule has 1 aliphatic heterocycles. The molecule has 1 fully saturated rings. The van der Waals surface area contributed by atoms with Crippen LogP contribution in [0.5, 0.6) is 0 Å². The number of carbonyl (C=O) groups is 4. The van der Waals surface area contributed by atoms with Crippen LogP contribution in [0.2, 0.25) is 0 Å². The molecule has 0 aliphatic carbocycles. The summed E-state index contributed by atoms with van der Waals surface area (Å²) in [5.74, 6) is -2.81. The third-order valence-corrected chi connectivity index (χ3v) is 4.48. The molecular formula is C19H16N3O5-. The molecule has 27 heavy (non-hydrogen) atoms. The van der Waals surface area contributed by atoms with E-state index in [1.165, 1.54) is 12.1 Å². The summed E-state index contributed by atoms with van der Waals surface area (Å²) in [4.78, 5) is 46.3. The van der Waals surface area contributed by atoms with Crippen LogP contribution >= 0.6 is 0 Å². The van der Waals surface area contributed by atoms with E-state index >= 15 is 0 Å². The monoisotopic (exact) mass is 366 g/mol. The van der Waals surface area contributed by atoms with Gasteiger partial charge in [-0.05, 0) is 50.1 Å². The lowest BCUT2D eigenvalue weighted by atomic mass is 10.1. The summed E-state index contributed by atoms with van der Waals surface area (Å²) in [5, 5.41) is 15.3. The van der Waals surface area contributed by atoms with E-state index in [0.717, 1.165) is 5.69 Å². The van der Waals surface area contributed by atoms with Gasteiger partial charge >= 0.3 is 6.03 Å². The average molecular weight is 366 g/mol. The number of benzene rings is 1. The summed E-state index contributed by atoms with van der Waals surface area (Å²) in [5.41, 5.74) is 3.18. The molecule has 0 saturated carbocycles. The first-order valence-electron chi connectivity index (χ1n) is 8.09. The number of nitrogens with zero attached hydrogens (tertiary/aromatic N) is 1. The maximum Gasteiger partial charge on any atom is 0.328 e. The number of amides is 4. The highest BCUT2D eigenvalue weighted by Gasteiger charge is 2.28. The molecule has 8 nitrogen and oxygen atoms in total. The van der Waals surface area contributed by atoms with Crippen LogP contribution in [0, 0.1) is 20.8 Å². The normalized spacial score (nSPS) is 14.0. The van der Waals surface area contributed by atoms with Crippen molar-refractivity contribution in [2.24, 2.45) is 0 Å². The van der Waals surface area contributed by atoms with Gasteiger partial charge in [0.15, 0.2) is 0 Å². The molecule has 138 valence electrons. The third kappa shape index (κ3) is 3.12. The van der Waals surface area contributed by atoms with Crippen LogP contribution in [0.25, 0.3) is 11.8 Å². The number of imide groups is 2. The molecule has 1 aromatic carbocycles. The number of rotatable bonds is 3. The Balaban J connectivity index is 2.12. The molecule has 4 amide bonds. The van der Waals surface area contributed by atoms with E-state index in [9.17, 15) is 24.3 Å². The Kier molecular flexibility index (Phi) is 4.40. The predicted octanol–water partition coefficient (Wildman–Crippen LogP) is 0.515. The van der Waals surface area contributed by atoms with Crippen molar-refractivity contribution in [3.05, 3.63) is 57.9 Å². The molecule has 0 bridgehead atoms. The number of urea groups is 1. The van der Waals surface area contributed by atoms with Crippen LogP contribution in [0.4, 0.5) is 4.79 Å². The minimum absolute atomic E-state index is 0.0875. The van der Waals surface area contributed by atoms with E-state index in [1.807, 2.05) is 22.1 Å². The lowest BCUT2D eigenvalue weighted by Crippen LogP contribution is -2.51. The molecule has 0 atom stereocenters. The second kappa shape index (κ2) is 6.56. The summed E-state index contributed by atoms with van der Waals surface area (Å²) in [7, 11) is 0. The van der Waals surface area contributed by atoms with Crippen molar-refractivity contribution in [2.45, 2.75) is 20.8 Å². The first-order chi connectivity index (χ1) is 12.7. The second-order valence-corrected chi connectivity index (χ2v) is 6.19. The molecule has 8 heteroatoms. The van der Waals surface area contributed by atoms with Crippen LogP contribution in [-0.4, -0.2) is 28.4 Å². The number of nitrogens with one attached hydrogen (secondary N) is 2. The fourth-order valence-electron chi connectivity index (χ4n) is 3.15. The number of aryl methyl sites for hydroxylation is 1. The van der Waals surface area contributed by atoms with Crippen LogP contribution in [0.1, 0.15) is 32.9 Å². The highest BCUT2D eigenvalue weighted by molar-refractivity contribution is 6.31. The minimum Gasteiger partial charge on any atom is -0.545 e. The van der Waals surface area contributed by atoms with Gasteiger partial charge in [-0.2, -0.15) is 0 Å². The summed E-state index contributed by atoms with van der Waals surface area (Å²) in [6, 6.07) is 5.78. The van der Waals surface area contributed by atoms with Gasteiger partial charge in [0.25, 0.3) is 11.8 Å². The molecule has 2 N–H and O–H groups in total. The fraction of sp³-hybridized carbons (Fsp3) is 0.158. The maximum atomic E-state index is 11.9. The first-order valence-corrected chi connectivity index (χ1v) is 8.09. The number of aromatic nitrogens is 1. The van der Waals surface area contributed by atoms with Gasteiger partial charge in [-0.3, -0.25) is 20.2 Å². The van der Waals surface area contributed by atoms with Crippen molar-refractivity contribution in [1.82, 2.24) is 15.2 Å². The van der Waals surface area contributed by atoms with E-state index in [1.54, 1.807) is 32.0 Å². The van der Waals surface area contributed by atoms with Crippen LogP contribution in [0.3, 0.4) is 0 Å². The highest BCUT2D eigenvalue weighted by atomic mass is 16.4. The molecule has 0 spiro atoms. The molecule has 0 unspecified atom stereocenters. The second-order valence-electron chi connectivity index (χ2n) is 6.19. The van der Waals surface area contributed by atoms with E-state index < -0.39 is 23.8 Å². The topological polar surface area (TPSA) is 120 Å². The van der Waals surface area contributed by atoms with Crippen molar-refractivity contribution in [1.29, 1.82) is 0 Å². The van der Waals surface area contributed by atoms with Gasteiger partial charge in [0.2, 0.25) is 0 Å². The number of aromatic carboxylic acids is 1. The molecule has 2 heterocycles. The molecule has 1 aromatic heterocycles. The Morgan fingerprint density at radius 3 is 2.30 bits per heavy atom. The van der Waals surface area contributed by atoms with Crippen molar-refractivity contribution in [3.8, 4) is 5.69 Å². The van der Waals surface area contributed by atoms with Gasteiger partial charge in [-0.1, -0.05) is 12.1 Å². The Morgan fingerprint density at radius 1 is 1.07 bits per heavy atom. The zero-order valence-corrected chi connectivity index (χ0v) is 14.9. The smallest absolute Gasteiger partial charge is 0.328 e. The lowest BCUT2D eigenvalue weighted by molar-refractivity contribution is -0.255. The number of barbiturate groups is 1. The van der Waals surface area contributed by atoms with Gasteiger partial charge < -0.3 is 14.5 Å². The standard InChI is InChI=1S/C19H17N3O5/c1-9-7-12(8-14-16(23)20-19(27)21-17(14)24)11(3)22(9)15-6-4-5-13(10(15)2)18(25)26/h4-8H,1-3H3,(H,25,26)(H2,20,21,23,24,27)/p-1.